The number of amides is 1. The Labute approximate surface area is 103 Å². The molecule has 0 bridgehead atoms. The number of hydrogen-bond donors (Lipinski definition) is 1. The number of nitrogens with one attached hydrogen (secondary N) is 1. The first-order valence-corrected chi connectivity index (χ1v) is 6.10. The number of benzene rings is 1. The highest BCUT2D eigenvalue weighted by Gasteiger charge is 2.08. The van der Waals surface area contributed by atoms with E-state index in [0.717, 1.165) is 17.9 Å². The van der Waals surface area contributed by atoms with E-state index in [-0.39, 0.29) is 17.9 Å². The Kier molecular flexibility index (Phi) is 5.01. The van der Waals surface area contributed by atoms with E-state index in [2.05, 4.69) is 12.2 Å². The first kappa shape index (κ1) is 13.6. The number of ether oxygens (including phenoxy) is 1. The highest BCUT2D eigenvalue weighted by Crippen LogP contribution is 2.19. The van der Waals surface area contributed by atoms with Crippen LogP contribution in [0.2, 0.25) is 0 Å². The molecular weight excluding hydrogens is 214 g/mol. The SMILES string of the molecule is CCC(C)Oc1cccc(NC(=O)C(C)C)c1. The zero-order valence-corrected chi connectivity index (χ0v) is 11.0. The molecule has 1 rings (SSSR count). The van der Waals surface area contributed by atoms with Crippen molar-refractivity contribution in [2.24, 2.45) is 5.92 Å². The number of anilines is 1. The van der Waals surface area contributed by atoms with Crippen molar-refractivity contribution in [1.82, 2.24) is 0 Å². The Bertz CT molecular complexity index is 374. The third kappa shape index (κ3) is 4.47. The number of rotatable bonds is 5. The van der Waals surface area contributed by atoms with Gasteiger partial charge in [-0.15, -0.1) is 0 Å². The fraction of sp³-hybridized carbons (Fsp3) is 0.500. The van der Waals surface area contributed by atoms with E-state index in [4.69, 9.17) is 4.74 Å². The predicted octanol–water partition coefficient (Wildman–Crippen LogP) is 3.46. The summed E-state index contributed by atoms with van der Waals surface area (Å²) in [5.41, 5.74) is 0.782. The minimum atomic E-state index is -0.0193. The van der Waals surface area contributed by atoms with Crippen LogP contribution in [0, 0.1) is 5.92 Å². The normalized spacial score (nSPS) is 12.3. The van der Waals surface area contributed by atoms with Crippen LogP contribution in [0.3, 0.4) is 0 Å². The molecule has 0 fully saturated rings. The summed E-state index contributed by atoms with van der Waals surface area (Å²) >= 11 is 0. The molecule has 0 saturated carbocycles. The molecule has 1 N–H and O–H groups in total. The highest BCUT2D eigenvalue weighted by molar-refractivity contribution is 5.92. The summed E-state index contributed by atoms with van der Waals surface area (Å²) in [5, 5.41) is 2.85. The third-order valence-corrected chi connectivity index (χ3v) is 2.54. The molecule has 1 amide bonds. The minimum absolute atomic E-state index is 0.0192. The largest absolute Gasteiger partial charge is 0.491 e. The lowest BCUT2D eigenvalue weighted by molar-refractivity contribution is -0.118. The zero-order chi connectivity index (χ0) is 12.8. The molecular formula is C14H21NO2. The van der Waals surface area contributed by atoms with Crippen LogP contribution in [-0.2, 0) is 4.79 Å². The van der Waals surface area contributed by atoms with Gasteiger partial charge in [-0.25, -0.2) is 0 Å². The predicted molar refractivity (Wildman–Crippen MR) is 70.3 cm³/mol. The van der Waals surface area contributed by atoms with E-state index in [9.17, 15) is 4.79 Å². The first-order valence-electron chi connectivity index (χ1n) is 6.10. The van der Waals surface area contributed by atoms with Crippen LogP contribution in [0.4, 0.5) is 5.69 Å². The van der Waals surface area contributed by atoms with Gasteiger partial charge >= 0.3 is 0 Å². The van der Waals surface area contributed by atoms with Crippen LogP contribution < -0.4 is 10.1 Å². The average Bonchev–Trinajstić information content (AvgIpc) is 2.29. The molecule has 0 heterocycles. The topological polar surface area (TPSA) is 38.3 Å². The second-order valence-electron chi connectivity index (χ2n) is 4.51. The van der Waals surface area contributed by atoms with Crippen LogP contribution >= 0.6 is 0 Å². The van der Waals surface area contributed by atoms with Gasteiger partial charge in [-0.3, -0.25) is 4.79 Å². The third-order valence-electron chi connectivity index (χ3n) is 2.54. The van der Waals surface area contributed by atoms with Crippen molar-refractivity contribution in [3.63, 3.8) is 0 Å². The molecule has 0 spiro atoms. The molecule has 0 aliphatic heterocycles. The Morgan fingerprint density at radius 2 is 2.06 bits per heavy atom. The number of carbonyl (C=O) groups is 1. The molecule has 0 aliphatic carbocycles. The van der Waals surface area contributed by atoms with Gasteiger partial charge in [0.2, 0.25) is 5.91 Å². The summed E-state index contributed by atoms with van der Waals surface area (Å²) in [6.07, 6.45) is 1.15. The molecule has 1 atom stereocenters. The van der Waals surface area contributed by atoms with Gasteiger partial charge in [0.1, 0.15) is 5.75 Å². The van der Waals surface area contributed by atoms with E-state index in [1.54, 1.807) is 0 Å². The fourth-order valence-corrected chi connectivity index (χ4v) is 1.25. The number of carbonyl (C=O) groups excluding carboxylic acids is 1. The molecule has 1 aromatic carbocycles. The van der Waals surface area contributed by atoms with Crippen molar-refractivity contribution in [1.29, 1.82) is 0 Å². The summed E-state index contributed by atoms with van der Waals surface area (Å²) in [6.45, 7) is 7.85. The molecule has 17 heavy (non-hydrogen) atoms. The Hall–Kier alpha value is -1.51. The zero-order valence-electron chi connectivity index (χ0n) is 11.0. The molecule has 94 valence electrons. The van der Waals surface area contributed by atoms with Gasteiger partial charge in [-0.05, 0) is 25.5 Å². The van der Waals surface area contributed by atoms with Gasteiger partial charge in [-0.1, -0.05) is 26.8 Å². The second-order valence-corrected chi connectivity index (χ2v) is 4.51. The van der Waals surface area contributed by atoms with E-state index < -0.39 is 0 Å². The summed E-state index contributed by atoms with van der Waals surface area (Å²) in [7, 11) is 0. The van der Waals surface area contributed by atoms with Crippen LogP contribution in [0.1, 0.15) is 34.1 Å². The molecule has 0 saturated heterocycles. The lowest BCUT2D eigenvalue weighted by Crippen LogP contribution is -2.17. The molecule has 3 heteroatoms. The van der Waals surface area contributed by atoms with Crippen molar-refractivity contribution < 1.29 is 9.53 Å². The second kappa shape index (κ2) is 6.28. The smallest absolute Gasteiger partial charge is 0.226 e. The van der Waals surface area contributed by atoms with Gasteiger partial charge in [0.05, 0.1) is 6.10 Å². The quantitative estimate of drug-likeness (QED) is 0.848. The van der Waals surface area contributed by atoms with Gasteiger partial charge in [0, 0.05) is 17.7 Å². The Morgan fingerprint density at radius 1 is 1.35 bits per heavy atom. The van der Waals surface area contributed by atoms with Crippen molar-refractivity contribution in [3.05, 3.63) is 24.3 Å². The molecule has 1 aromatic rings. The van der Waals surface area contributed by atoms with Crippen molar-refractivity contribution in [2.75, 3.05) is 5.32 Å². The van der Waals surface area contributed by atoms with Gasteiger partial charge in [0.25, 0.3) is 0 Å². The van der Waals surface area contributed by atoms with Crippen LogP contribution in [0.5, 0.6) is 5.75 Å². The van der Waals surface area contributed by atoms with Gasteiger partial charge in [0.15, 0.2) is 0 Å². The monoisotopic (exact) mass is 235 g/mol. The van der Waals surface area contributed by atoms with E-state index >= 15 is 0 Å². The Morgan fingerprint density at radius 3 is 2.65 bits per heavy atom. The first-order chi connectivity index (χ1) is 8.02. The summed E-state index contributed by atoms with van der Waals surface area (Å²) in [6, 6.07) is 7.50. The molecule has 3 nitrogen and oxygen atoms in total. The highest BCUT2D eigenvalue weighted by atomic mass is 16.5. The molecule has 0 radical (unpaired) electrons. The minimum Gasteiger partial charge on any atom is -0.491 e. The maximum absolute atomic E-state index is 11.5. The standard InChI is InChI=1S/C14H21NO2/c1-5-11(4)17-13-8-6-7-12(9-13)15-14(16)10(2)3/h6-11H,5H2,1-4H3,(H,15,16). The van der Waals surface area contributed by atoms with E-state index in [0.29, 0.717) is 0 Å². The lowest BCUT2D eigenvalue weighted by atomic mass is 10.2. The molecule has 1 unspecified atom stereocenters. The average molecular weight is 235 g/mol. The van der Waals surface area contributed by atoms with E-state index in [1.165, 1.54) is 0 Å². The van der Waals surface area contributed by atoms with Gasteiger partial charge < -0.3 is 10.1 Å². The molecule has 0 aliphatic rings. The van der Waals surface area contributed by atoms with Gasteiger partial charge in [-0.2, -0.15) is 0 Å². The Balaban J connectivity index is 2.69. The van der Waals surface area contributed by atoms with Crippen molar-refractivity contribution in [2.45, 2.75) is 40.2 Å². The molecule has 0 aromatic heterocycles. The van der Waals surface area contributed by atoms with Crippen molar-refractivity contribution in [3.8, 4) is 5.75 Å². The summed E-state index contributed by atoms with van der Waals surface area (Å²) in [5.74, 6) is 0.792. The summed E-state index contributed by atoms with van der Waals surface area (Å²) < 4.78 is 5.69. The lowest BCUT2D eigenvalue weighted by Gasteiger charge is -2.14. The fourth-order valence-electron chi connectivity index (χ4n) is 1.25. The van der Waals surface area contributed by atoms with Crippen LogP contribution in [0.25, 0.3) is 0 Å². The number of hydrogen-bond acceptors (Lipinski definition) is 2. The van der Waals surface area contributed by atoms with E-state index in [1.807, 2.05) is 45.0 Å². The maximum Gasteiger partial charge on any atom is 0.226 e. The summed E-state index contributed by atoms with van der Waals surface area (Å²) in [4.78, 5) is 11.5. The van der Waals surface area contributed by atoms with Crippen LogP contribution in [-0.4, -0.2) is 12.0 Å². The maximum atomic E-state index is 11.5. The van der Waals surface area contributed by atoms with Crippen LogP contribution in [0.15, 0.2) is 24.3 Å². The van der Waals surface area contributed by atoms with Crippen molar-refractivity contribution >= 4 is 11.6 Å².